The van der Waals surface area contributed by atoms with Crippen molar-refractivity contribution in [3.05, 3.63) is 0 Å². The smallest absolute Gasteiger partial charge is 0.223 e. The van der Waals surface area contributed by atoms with E-state index in [0.29, 0.717) is 23.9 Å². The third-order valence-corrected chi connectivity index (χ3v) is 10.6. The van der Waals surface area contributed by atoms with Gasteiger partial charge in [-0.2, -0.15) is 0 Å². The Kier molecular flexibility index (Phi) is 12.5. The van der Waals surface area contributed by atoms with Crippen LogP contribution in [0.2, 0.25) is 0 Å². The molecule has 41 heavy (non-hydrogen) atoms. The highest BCUT2D eigenvalue weighted by atomic mass is 16.1. The van der Waals surface area contributed by atoms with Crippen molar-refractivity contribution in [2.45, 2.75) is 82.7 Å². The van der Waals surface area contributed by atoms with Gasteiger partial charge in [0.1, 0.15) is 0 Å². The molecule has 4 saturated heterocycles. The van der Waals surface area contributed by atoms with E-state index in [2.05, 4.69) is 66.1 Å². The summed E-state index contributed by atoms with van der Waals surface area (Å²) in [6.45, 7) is 15.0. The molecule has 0 spiro atoms. The van der Waals surface area contributed by atoms with Crippen LogP contribution in [0.3, 0.4) is 0 Å². The first-order valence-electron chi connectivity index (χ1n) is 16.9. The molecule has 1 amide bonds. The second kappa shape index (κ2) is 16.3. The minimum Gasteiger partial charge on any atom is -0.356 e. The number of rotatable bonds is 11. The van der Waals surface area contributed by atoms with Gasteiger partial charge in [0.05, 0.1) is 12.3 Å². The maximum absolute atomic E-state index is 13.2. The number of carbonyl (C=O) groups excluding carboxylic acids is 1. The molecule has 11 nitrogen and oxygen atoms in total. The molecule has 0 aromatic carbocycles. The van der Waals surface area contributed by atoms with Crippen LogP contribution in [0.4, 0.5) is 0 Å². The Morgan fingerprint density at radius 3 is 2.66 bits per heavy atom. The lowest BCUT2D eigenvalue weighted by molar-refractivity contribution is -0.126. The van der Waals surface area contributed by atoms with Gasteiger partial charge in [0.15, 0.2) is 0 Å². The fourth-order valence-electron chi connectivity index (χ4n) is 7.83. The van der Waals surface area contributed by atoms with Gasteiger partial charge in [0.2, 0.25) is 5.91 Å². The number of carbonyl (C=O) groups is 1. The maximum Gasteiger partial charge on any atom is 0.223 e. The zero-order valence-electron chi connectivity index (χ0n) is 25.9. The molecule has 5 aliphatic rings. The van der Waals surface area contributed by atoms with Crippen LogP contribution >= 0.6 is 0 Å². The Morgan fingerprint density at radius 1 is 0.902 bits per heavy atom. The van der Waals surface area contributed by atoms with Crippen LogP contribution < -0.4 is 37.4 Å². The summed E-state index contributed by atoms with van der Waals surface area (Å²) in [4.78, 5) is 20.9. The van der Waals surface area contributed by atoms with Crippen LogP contribution in [0, 0.1) is 17.8 Å². The summed E-state index contributed by atoms with van der Waals surface area (Å²) < 4.78 is 0. The van der Waals surface area contributed by atoms with Gasteiger partial charge in [-0.1, -0.05) is 19.8 Å². The number of nitrogens with zero attached hydrogens (tertiary/aromatic N) is 3. The SMILES string of the molecule is CCC1CNCCC1CNC(=O)C1CCCC(NCC2NNC(C3CCNCN3)N2CCN2CCCN(C)CC2)C1. The van der Waals surface area contributed by atoms with Crippen molar-refractivity contribution in [1.29, 1.82) is 0 Å². The minimum absolute atomic E-state index is 0.140. The van der Waals surface area contributed by atoms with E-state index in [1.165, 1.54) is 32.4 Å². The average molecular weight is 577 g/mol. The molecule has 7 atom stereocenters. The Balaban J connectivity index is 1.11. The number of hydrogen-bond donors (Lipinski definition) is 7. The molecule has 0 aromatic rings. The predicted molar refractivity (Wildman–Crippen MR) is 165 cm³/mol. The summed E-state index contributed by atoms with van der Waals surface area (Å²) in [5.74, 6) is 1.73. The van der Waals surface area contributed by atoms with E-state index in [9.17, 15) is 4.79 Å². The first kappa shape index (κ1) is 31.5. The number of piperidine rings is 1. The van der Waals surface area contributed by atoms with Crippen LogP contribution in [0.1, 0.15) is 58.3 Å². The topological polar surface area (TPSA) is 111 Å². The number of nitrogens with one attached hydrogen (secondary N) is 7. The Labute approximate surface area is 249 Å². The molecule has 7 unspecified atom stereocenters. The van der Waals surface area contributed by atoms with Crippen LogP contribution in [0.25, 0.3) is 0 Å². The van der Waals surface area contributed by atoms with Crippen molar-refractivity contribution in [2.75, 3.05) is 85.7 Å². The third-order valence-electron chi connectivity index (χ3n) is 10.6. The molecule has 4 aliphatic heterocycles. The Hall–Kier alpha value is -0.890. The fraction of sp³-hybridized carbons (Fsp3) is 0.967. The molecule has 1 saturated carbocycles. The lowest BCUT2D eigenvalue weighted by atomic mass is 9.83. The van der Waals surface area contributed by atoms with E-state index in [4.69, 9.17) is 0 Å². The molecule has 11 heteroatoms. The van der Waals surface area contributed by atoms with E-state index in [-0.39, 0.29) is 24.2 Å². The number of likely N-dealkylation sites (N-methyl/N-ethyl adjacent to an activating group) is 1. The molecule has 5 fully saturated rings. The van der Waals surface area contributed by atoms with Gasteiger partial charge in [-0.05, 0) is 90.1 Å². The third kappa shape index (κ3) is 9.06. The number of amides is 1. The quantitative estimate of drug-likeness (QED) is 0.174. The van der Waals surface area contributed by atoms with Crippen molar-refractivity contribution in [3.63, 3.8) is 0 Å². The lowest BCUT2D eigenvalue weighted by Crippen LogP contribution is -2.59. The normalized spacial score (nSPS) is 36.7. The van der Waals surface area contributed by atoms with Crippen LogP contribution in [0.15, 0.2) is 0 Å². The summed E-state index contributed by atoms with van der Waals surface area (Å²) in [6, 6.07) is 0.835. The first-order valence-corrected chi connectivity index (χ1v) is 16.9. The van der Waals surface area contributed by atoms with Crippen molar-refractivity contribution in [3.8, 4) is 0 Å². The zero-order chi connectivity index (χ0) is 28.4. The minimum atomic E-state index is 0.140. The van der Waals surface area contributed by atoms with Crippen molar-refractivity contribution < 1.29 is 4.79 Å². The van der Waals surface area contributed by atoms with Crippen molar-refractivity contribution in [2.24, 2.45) is 17.8 Å². The van der Waals surface area contributed by atoms with Crippen LogP contribution in [0.5, 0.6) is 0 Å². The number of hydrazine groups is 1. The summed E-state index contributed by atoms with van der Waals surface area (Å²) in [5.41, 5.74) is 7.30. The lowest BCUT2D eigenvalue weighted by Gasteiger charge is -2.37. The monoisotopic (exact) mass is 576 g/mol. The standard InChI is InChI=1S/C30H60N10O/c1-3-23-19-31-10-8-25(23)20-34-30(41)24-6-4-7-26(18-24)33-21-28-36-37-29(27-9-11-32-22-35-27)40(28)17-16-39-13-5-12-38(2)14-15-39/h23-29,31-33,35-37H,3-22H2,1-2H3,(H,34,41). The second-order valence-electron chi connectivity index (χ2n) is 13.4. The molecular formula is C30H60N10O. The molecule has 236 valence electrons. The Morgan fingerprint density at radius 2 is 1.80 bits per heavy atom. The molecule has 1 aliphatic carbocycles. The van der Waals surface area contributed by atoms with E-state index < -0.39 is 0 Å². The molecule has 4 heterocycles. The highest BCUT2D eigenvalue weighted by Gasteiger charge is 2.39. The summed E-state index contributed by atoms with van der Waals surface area (Å²) in [7, 11) is 2.24. The molecule has 0 aromatic heterocycles. The molecule has 0 bridgehead atoms. The van der Waals surface area contributed by atoms with Gasteiger partial charge in [0.25, 0.3) is 0 Å². The summed E-state index contributed by atoms with van der Waals surface area (Å²) in [6.07, 6.45) is 9.54. The van der Waals surface area contributed by atoms with Gasteiger partial charge in [-0.15, -0.1) is 0 Å². The second-order valence-corrected chi connectivity index (χ2v) is 13.4. The first-order chi connectivity index (χ1) is 20.1. The molecule has 0 radical (unpaired) electrons. The molecular weight excluding hydrogens is 516 g/mol. The fourth-order valence-corrected chi connectivity index (χ4v) is 7.83. The molecule has 7 N–H and O–H groups in total. The number of hydrogen-bond acceptors (Lipinski definition) is 10. The van der Waals surface area contributed by atoms with E-state index in [1.54, 1.807) is 0 Å². The predicted octanol–water partition coefficient (Wildman–Crippen LogP) is -0.505. The van der Waals surface area contributed by atoms with E-state index in [0.717, 1.165) is 97.7 Å². The summed E-state index contributed by atoms with van der Waals surface area (Å²) in [5, 5.41) is 17.9. The van der Waals surface area contributed by atoms with Crippen LogP contribution in [-0.4, -0.2) is 131 Å². The average Bonchev–Trinajstić information content (AvgIpc) is 3.31. The van der Waals surface area contributed by atoms with Gasteiger partial charge >= 0.3 is 0 Å². The van der Waals surface area contributed by atoms with Crippen molar-refractivity contribution in [1.82, 2.24) is 52.1 Å². The van der Waals surface area contributed by atoms with Gasteiger partial charge in [-0.3, -0.25) is 15.0 Å². The highest BCUT2D eigenvalue weighted by Crippen LogP contribution is 2.26. The van der Waals surface area contributed by atoms with Gasteiger partial charge < -0.3 is 31.1 Å². The largest absolute Gasteiger partial charge is 0.356 e. The highest BCUT2D eigenvalue weighted by molar-refractivity contribution is 5.78. The summed E-state index contributed by atoms with van der Waals surface area (Å²) >= 11 is 0. The van der Waals surface area contributed by atoms with E-state index in [1.807, 2.05) is 0 Å². The van der Waals surface area contributed by atoms with Crippen LogP contribution in [-0.2, 0) is 4.79 Å². The zero-order valence-corrected chi connectivity index (χ0v) is 25.9. The maximum atomic E-state index is 13.2. The van der Waals surface area contributed by atoms with Gasteiger partial charge in [-0.25, -0.2) is 10.9 Å². The van der Waals surface area contributed by atoms with E-state index >= 15 is 0 Å². The van der Waals surface area contributed by atoms with Crippen molar-refractivity contribution >= 4 is 5.91 Å². The van der Waals surface area contributed by atoms with Gasteiger partial charge in [0, 0.05) is 63.9 Å². The molecule has 5 rings (SSSR count). The Bertz CT molecular complexity index is 782.